The van der Waals surface area contributed by atoms with Crippen LogP contribution in [0.15, 0.2) is 65.6 Å². The number of hydrogen-bond acceptors (Lipinski definition) is 2. The summed E-state index contributed by atoms with van der Waals surface area (Å²) in [4.78, 5) is 0.275. The third-order valence-corrected chi connectivity index (χ3v) is 5.45. The molecule has 0 aliphatic carbocycles. The van der Waals surface area contributed by atoms with Crippen LogP contribution in [0.1, 0.15) is 23.6 Å². The lowest BCUT2D eigenvalue weighted by Crippen LogP contribution is -2.32. The highest BCUT2D eigenvalue weighted by molar-refractivity contribution is 7.89. The van der Waals surface area contributed by atoms with Crippen molar-refractivity contribution in [2.75, 3.05) is 13.1 Å². The average molecular weight is 353 g/mol. The van der Waals surface area contributed by atoms with Gasteiger partial charge in [-0.1, -0.05) is 59.4 Å². The number of aryl methyl sites for hydroxylation is 2. The molecule has 0 atom stereocenters. The predicted octanol–water partition coefficient (Wildman–Crippen LogP) is 3.92. The van der Waals surface area contributed by atoms with E-state index in [4.69, 9.17) is 0 Å². The molecule has 0 saturated heterocycles. The van der Waals surface area contributed by atoms with Crippen LogP contribution in [0.5, 0.6) is 0 Å². The molecule has 0 N–H and O–H groups in total. The number of rotatable bonds is 5. The normalized spacial score (nSPS) is 11.0. The smallest absolute Gasteiger partial charge is 0.207 e. The van der Waals surface area contributed by atoms with Crippen LogP contribution in [0.2, 0.25) is 0 Å². The molecule has 0 fully saturated rings. The van der Waals surface area contributed by atoms with Crippen LogP contribution in [0.25, 0.3) is 0 Å². The molecule has 0 heterocycles. The topological polar surface area (TPSA) is 37.4 Å². The summed E-state index contributed by atoms with van der Waals surface area (Å²) in [6.45, 7) is 9.96. The second-order valence-corrected chi connectivity index (χ2v) is 8.15. The molecule has 0 bridgehead atoms. The van der Waals surface area contributed by atoms with Gasteiger partial charge in [0.25, 0.3) is 0 Å². The van der Waals surface area contributed by atoms with Gasteiger partial charge in [0.05, 0.1) is 11.4 Å². The molecule has 0 saturated carbocycles. The molecule has 0 aromatic heterocycles. The highest BCUT2D eigenvalue weighted by atomic mass is 32.2. The molecule has 25 heavy (non-hydrogen) atoms. The molecule has 0 aliphatic heterocycles. The van der Waals surface area contributed by atoms with E-state index in [2.05, 4.69) is 18.4 Å². The van der Waals surface area contributed by atoms with E-state index in [0.717, 1.165) is 22.3 Å². The Morgan fingerprint density at radius 3 is 2.04 bits per heavy atom. The second-order valence-electron chi connectivity index (χ2n) is 6.21. The summed E-state index contributed by atoms with van der Waals surface area (Å²) in [5, 5.41) is 0. The SMILES string of the molecule is C=C(C)CN(CC#Cc1ccc(C)cc1)S(=O)(=O)c1ccc(C)cc1. The maximum absolute atomic E-state index is 12.9. The van der Waals surface area contributed by atoms with Crippen molar-refractivity contribution in [1.29, 1.82) is 0 Å². The molecule has 2 aromatic rings. The molecular formula is C21H23NO2S. The minimum absolute atomic E-state index is 0.122. The zero-order valence-corrected chi connectivity index (χ0v) is 15.7. The van der Waals surface area contributed by atoms with Crippen LogP contribution >= 0.6 is 0 Å². The van der Waals surface area contributed by atoms with Gasteiger partial charge < -0.3 is 0 Å². The first-order chi connectivity index (χ1) is 11.8. The molecule has 0 aliphatic rings. The van der Waals surface area contributed by atoms with E-state index in [1.807, 2.05) is 45.0 Å². The molecule has 0 radical (unpaired) electrons. The van der Waals surface area contributed by atoms with Crippen LogP contribution in [0.4, 0.5) is 0 Å². The summed E-state index contributed by atoms with van der Waals surface area (Å²) in [5.41, 5.74) is 3.82. The van der Waals surface area contributed by atoms with Gasteiger partial charge in [0, 0.05) is 12.1 Å². The van der Waals surface area contributed by atoms with Crippen molar-refractivity contribution in [3.05, 3.63) is 77.4 Å². The fraction of sp³-hybridized carbons (Fsp3) is 0.238. The van der Waals surface area contributed by atoms with Gasteiger partial charge >= 0.3 is 0 Å². The largest absolute Gasteiger partial charge is 0.244 e. The van der Waals surface area contributed by atoms with Gasteiger partial charge in [-0.25, -0.2) is 8.42 Å². The summed E-state index contributed by atoms with van der Waals surface area (Å²) >= 11 is 0. The first-order valence-corrected chi connectivity index (χ1v) is 9.50. The third-order valence-electron chi connectivity index (χ3n) is 3.64. The highest BCUT2D eigenvalue weighted by Crippen LogP contribution is 2.17. The number of benzene rings is 2. The third kappa shape index (κ3) is 5.32. The van der Waals surface area contributed by atoms with E-state index in [0.29, 0.717) is 0 Å². The fourth-order valence-electron chi connectivity index (χ4n) is 2.25. The quantitative estimate of drug-likeness (QED) is 0.603. The first kappa shape index (κ1) is 19.0. The van der Waals surface area contributed by atoms with Crippen LogP contribution in [0.3, 0.4) is 0 Å². The highest BCUT2D eigenvalue weighted by Gasteiger charge is 2.23. The van der Waals surface area contributed by atoms with Gasteiger partial charge in [-0.3, -0.25) is 0 Å². The lowest BCUT2D eigenvalue weighted by Gasteiger charge is -2.20. The lowest BCUT2D eigenvalue weighted by molar-refractivity contribution is 0.471. The van der Waals surface area contributed by atoms with E-state index in [1.165, 1.54) is 4.31 Å². The van der Waals surface area contributed by atoms with Crippen molar-refractivity contribution in [2.24, 2.45) is 0 Å². The zero-order valence-electron chi connectivity index (χ0n) is 14.9. The van der Waals surface area contributed by atoms with E-state index < -0.39 is 10.0 Å². The van der Waals surface area contributed by atoms with Crippen LogP contribution in [-0.4, -0.2) is 25.8 Å². The Kier molecular flexibility index (Phi) is 6.19. The number of sulfonamides is 1. The predicted molar refractivity (Wildman–Crippen MR) is 103 cm³/mol. The minimum Gasteiger partial charge on any atom is -0.207 e. The monoisotopic (exact) mass is 353 g/mol. The zero-order chi connectivity index (χ0) is 18.4. The molecule has 2 aromatic carbocycles. The number of nitrogens with zero attached hydrogens (tertiary/aromatic N) is 1. The van der Waals surface area contributed by atoms with Gasteiger partial charge in [-0.15, -0.1) is 0 Å². The Morgan fingerprint density at radius 1 is 1.00 bits per heavy atom. The van der Waals surface area contributed by atoms with Crippen molar-refractivity contribution in [1.82, 2.24) is 4.31 Å². The van der Waals surface area contributed by atoms with E-state index in [-0.39, 0.29) is 18.0 Å². The average Bonchev–Trinajstić information content (AvgIpc) is 2.56. The van der Waals surface area contributed by atoms with E-state index in [1.54, 1.807) is 24.3 Å². The molecule has 0 spiro atoms. The molecule has 3 nitrogen and oxygen atoms in total. The Labute approximate surface area is 151 Å². The van der Waals surface area contributed by atoms with E-state index in [9.17, 15) is 8.42 Å². The maximum atomic E-state index is 12.9. The van der Waals surface area contributed by atoms with Crippen molar-refractivity contribution in [3.63, 3.8) is 0 Å². The van der Waals surface area contributed by atoms with Crippen LogP contribution in [-0.2, 0) is 10.0 Å². The first-order valence-electron chi connectivity index (χ1n) is 8.06. The van der Waals surface area contributed by atoms with Crippen molar-refractivity contribution < 1.29 is 8.42 Å². The molecule has 0 amide bonds. The molecule has 4 heteroatoms. The molecular weight excluding hydrogens is 330 g/mol. The van der Waals surface area contributed by atoms with Gasteiger partial charge in [0.2, 0.25) is 10.0 Å². The summed E-state index contributed by atoms with van der Waals surface area (Å²) in [6.07, 6.45) is 0. The Bertz CT molecular complexity index is 899. The summed E-state index contributed by atoms with van der Waals surface area (Å²) in [5.74, 6) is 5.99. The van der Waals surface area contributed by atoms with Gasteiger partial charge in [0.1, 0.15) is 0 Å². The van der Waals surface area contributed by atoms with Gasteiger partial charge in [-0.05, 0) is 45.0 Å². The van der Waals surface area contributed by atoms with E-state index >= 15 is 0 Å². The standard InChI is InChI=1S/C21H23NO2S/c1-17(2)16-22(15-5-6-20-11-7-18(3)8-12-20)25(23,24)21-13-9-19(4)10-14-21/h7-14H,1,15-16H2,2-4H3. The summed E-state index contributed by atoms with van der Waals surface area (Å²) in [7, 11) is -3.60. The molecule has 0 unspecified atom stereocenters. The van der Waals surface area contributed by atoms with Crippen molar-refractivity contribution in [2.45, 2.75) is 25.7 Å². The molecule has 2 rings (SSSR count). The van der Waals surface area contributed by atoms with Gasteiger partial charge in [0.15, 0.2) is 0 Å². The minimum atomic E-state index is -3.60. The van der Waals surface area contributed by atoms with Crippen molar-refractivity contribution >= 4 is 10.0 Å². The van der Waals surface area contributed by atoms with Crippen LogP contribution < -0.4 is 0 Å². The Hall–Kier alpha value is -2.35. The second kappa shape index (κ2) is 8.15. The lowest BCUT2D eigenvalue weighted by atomic mass is 10.1. The van der Waals surface area contributed by atoms with Crippen molar-refractivity contribution in [3.8, 4) is 11.8 Å². The Balaban J connectivity index is 2.25. The fourth-order valence-corrected chi connectivity index (χ4v) is 3.66. The number of hydrogen-bond donors (Lipinski definition) is 0. The molecule has 130 valence electrons. The Morgan fingerprint density at radius 2 is 1.52 bits per heavy atom. The summed E-state index contributed by atoms with van der Waals surface area (Å²) in [6, 6.07) is 14.7. The van der Waals surface area contributed by atoms with Crippen LogP contribution in [0, 0.1) is 25.7 Å². The maximum Gasteiger partial charge on any atom is 0.244 e. The summed E-state index contributed by atoms with van der Waals surface area (Å²) < 4.78 is 27.1. The van der Waals surface area contributed by atoms with Gasteiger partial charge in [-0.2, -0.15) is 4.31 Å².